The van der Waals surface area contributed by atoms with Crippen molar-refractivity contribution in [3.05, 3.63) is 40.0 Å². The number of hydrogen-bond acceptors (Lipinski definition) is 4. The van der Waals surface area contributed by atoms with Crippen LogP contribution in [0.4, 0.5) is 0 Å². The molecule has 0 saturated heterocycles. The van der Waals surface area contributed by atoms with Crippen LogP contribution < -0.4 is 5.32 Å². The van der Waals surface area contributed by atoms with Crippen LogP contribution in [-0.2, 0) is 16.6 Å². The van der Waals surface area contributed by atoms with Gasteiger partial charge in [0, 0.05) is 30.6 Å². The molecular weight excluding hydrogens is 372 g/mol. The third kappa shape index (κ3) is 4.26. The first-order chi connectivity index (χ1) is 9.98. The first-order valence-corrected chi connectivity index (χ1v) is 9.77. The second-order valence-corrected chi connectivity index (χ2v) is 9.27. The molecule has 7 heteroatoms. The Kier molecular flexibility index (Phi) is 5.79. The summed E-state index contributed by atoms with van der Waals surface area (Å²) in [6.07, 6.45) is 5.59. The van der Waals surface area contributed by atoms with Gasteiger partial charge in [-0.3, -0.25) is 0 Å². The molecule has 0 bridgehead atoms. The Hall–Kier alpha value is -0.470. The molecule has 0 aromatic carbocycles. The van der Waals surface area contributed by atoms with Crippen molar-refractivity contribution >= 4 is 37.3 Å². The SMILES string of the molecule is C=CCN(CC=C)S(=O)(=O)c1cc(CNC2CC2)sc1Br. The van der Waals surface area contributed by atoms with Crippen molar-refractivity contribution < 1.29 is 8.42 Å². The van der Waals surface area contributed by atoms with Crippen LogP contribution in [-0.4, -0.2) is 31.9 Å². The van der Waals surface area contributed by atoms with Crippen molar-refractivity contribution in [3.63, 3.8) is 0 Å². The van der Waals surface area contributed by atoms with Gasteiger partial charge in [0.15, 0.2) is 0 Å². The van der Waals surface area contributed by atoms with E-state index in [0.717, 1.165) is 4.88 Å². The minimum atomic E-state index is -3.53. The molecule has 1 saturated carbocycles. The maximum atomic E-state index is 12.7. The van der Waals surface area contributed by atoms with E-state index in [-0.39, 0.29) is 13.1 Å². The molecule has 0 atom stereocenters. The molecule has 0 aliphatic heterocycles. The summed E-state index contributed by atoms with van der Waals surface area (Å²) in [7, 11) is -3.53. The molecule has 0 spiro atoms. The Labute approximate surface area is 138 Å². The lowest BCUT2D eigenvalue weighted by Gasteiger charge is -2.18. The molecule has 1 aliphatic rings. The minimum absolute atomic E-state index is 0.270. The van der Waals surface area contributed by atoms with Gasteiger partial charge in [0.05, 0.1) is 3.79 Å². The largest absolute Gasteiger partial charge is 0.309 e. The highest BCUT2D eigenvalue weighted by molar-refractivity contribution is 9.11. The summed E-state index contributed by atoms with van der Waals surface area (Å²) in [5, 5.41) is 3.39. The first-order valence-electron chi connectivity index (χ1n) is 6.72. The molecule has 4 nitrogen and oxygen atoms in total. The molecule has 0 amide bonds. The number of thiophene rings is 1. The van der Waals surface area contributed by atoms with Crippen LogP contribution in [0.15, 0.2) is 40.1 Å². The number of rotatable bonds is 9. The van der Waals surface area contributed by atoms with Crippen molar-refractivity contribution in [1.29, 1.82) is 0 Å². The molecule has 1 aromatic heterocycles. The van der Waals surface area contributed by atoms with Crippen LogP contribution in [0.5, 0.6) is 0 Å². The van der Waals surface area contributed by atoms with Crippen LogP contribution in [0, 0.1) is 0 Å². The van der Waals surface area contributed by atoms with E-state index in [1.807, 2.05) is 0 Å². The number of hydrogen-bond donors (Lipinski definition) is 1. The highest BCUT2D eigenvalue weighted by Crippen LogP contribution is 2.34. The predicted molar refractivity (Wildman–Crippen MR) is 91.0 cm³/mol. The first kappa shape index (κ1) is 16.9. The maximum Gasteiger partial charge on any atom is 0.245 e. The third-order valence-electron chi connectivity index (χ3n) is 3.13. The van der Waals surface area contributed by atoms with Gasteiger partial charge in [-0.25, -0.2) is 8.42 Å². The monoisotopic (exact) mass is 390 g/mol. The number of nitrogens with zero attached hydrogens (tertiary/aromatic N) is 1. The summed E-state index contributed by atoms with van der Waals surface area (Å²) in [6, 6.07) is 2.35. The second kappa shape index (κ2) is 7.19. The molecule has 116 valence electrons. The van der Waals surface area contributed by atoms with E-state index in [4.69, 9.17) is 0 Å². The third-order valence-corrected chi connectivity index (χ3v) is 7.22. The van der Waals surface area contributed by atoms with Gasteiger partial charge in [0.2, 0.25) is 10.0 Å². The average Bonchev–Trinajstić information content (AvgIpc) is 3.18. The molecule has 1 heterocycles. The van der Waals surface area contributed by atoms with Gasteiger partial charge >= 0.3 is 0 Å². The lowest BCUT2D eigenvalue weighted by molar-refractivity contribution is 0.474. The molecule has 2 rings (SSSR count). The van der Waals surface area contributed by atoms with Crippen LogP contribution in [0.1, 0.15) is 17.7 Å². The normalized spacial score (nSPS) is 15.3. The Bertz CT molecular complexity index is 611. The zero-order chi connectivity index (χ0) is 15.5. The van der Waals surface area contributed by atoms with Crippen molar-refractivity contribution in [2.75, 3.05) is 13.1 Å². The molecule has 1 N–H and O–H groups in total. The molecule has 0 radical (unpaired) electrons. The summed E-state index contributed by atoms with van der Waals surface area (Å²) in [5.41, 5.74) is 0. The van der Waals surface area contributed by atoms with Crippen LogP contribution in [0.25, 0.3) is 0 Å². The smallest absolute Gasteiger partial charge is 0.245 e. The highest BCUT2D eigenvalue weighted by atomic mass is 79.9. The van der Waals surface area contributed by atoms with E-state index in [1.165, 1.54) is 28.5 Å². The number of sulfonamides is 1. The predicted octanol–water partition coefficient (Wildman–Crippen LogP) is 3.13. The standard InChI is InChI=1S/C14H19BrN2O2S2/c1-3-7-17(8-4-2)21(18,19)13-9-12(20-14(13)15)10-16-11-5-6-11/h3-4,9,11,16H,1-2,5-8,10H2. The minimum Gasteiger partial charge on any atom is -0.309 e. The number of nitrogens with one attached hydrogen (secondary N) is 1. The quantitative estimate of drug-likeness (QED) is 0.658. The van der Waals surface area contributed by atoms with Crippen LogP contribution in [0.3, 0.4) is 0 Å². The van der Waals surface area contributed by atoms with Gasteiger partial charge in [-0.1, -0.05) is 12.2 Å². The van der Waals surface area contributed by atoms with E-state index in [1.54, 1.807) is 18.2 Å². The van der Waals surface area contributed by atoms with Crippen LogP contribution >= 0.6 is 27.3 Å². The fourth-order valence-corrected chi connectivity index (χ4v) is 5.86. The fourth-order valence-electron chi connectivity index (χ4n) is 1.89. The van der Waals surface area contributed by atoms with Crippen molar-refractivity contribution in [3.8, 4) is 0 Å². The summed E-state index contributed by atoms with van der Waals surface area (Å²) in [5.74, 6) is 0. The van der Waals surface area contributed by atoms with E-state index < -0.39 is 10.0 Å². The Balaban J connectivity index is 2.20. The van der Waals surface area contributed by atoms with Gasteiger partial charge in [-0.05, 0) is 34.8 Å². The van der Waals surface area contributed by atoms with E-state index in [9.17, 15) is 8.42 Å². The van der Waals surface area contributed by atoms with Gasteiger partial charge in [-0.15, -0.1) is 24.5 Å². The summed E-state index contributed by atoms with van der Waals surface area (Å²) >= 11 is 4.84. The van der Waals surface area contributed by atoms with Crippen molar-refractivity contribution in [2.45, 2.75) is 30.3 Å². The molecular formula is C14H19BrN2O2S2. The molecule has 1 aromatic rings. The van der Waals surface area contributed by atoms with Crippen molar-refractivity contribution in [1.82, 2.24) is 9.62 Å². The molecule has 0 unspecified atom stereocenters. The summed E-state index contributed by atoms with van der Waals surface area (Å²) in [6.45, 7) is 8.48. The molecule has 1 fully saturated rings. The summed E-state index contributed by atoms with van der Waals surface area (Å²) in [4.78, 5) is 1.34. The highest BCUT2D eigenvalue weighted by Gasteiger charge is 2.27. The zero-order valence-electron chi connectivity index (χ0n) is 11.7. The summed E-state index contributed by atoms with van der Waals surface area (Å²) < 4.78 is 27.4. The lowest BCUT2D eigenvalue weighted by Crippen LogP contribution is -2.31. The van der Waals surface area contributed by atoms with Crippen LogP contribution in [0.2, 0.25) is 0 Å². The van der Waals surface area contributed by atoms with Gasteiger partial charge < -0.3 is 5.32 Å². The maximum absolute atomic E-state index is 12.7. The van der Waals surface area contributed by atoms with Gasteiger partial charge in [0.1, 0.15) is 4.90 Å². The Morgan fingerprint density at radius 3 is 2.52 bits per heavy atom. The van der Waals surface area contributed by atoms with Gasteiger partial charge in [-0.2, -0.15) is 4.31 Å². The second-order valence-electron chi connectivity index (χ2n) is 4.91. The Morgan fingerprint density at radius 1 is 1.38 bits per heavy atom. The van der Waals surface area contributed by atoms with Gasteiger partial charge in [0.25, 0.3) is 0 Å². The lowest BCUT2D eigenvalue weighted by atomic mass is 10.4. The molecule has 1 aliphatic carbocycles. The topological polar surface area (TPSA) is 49.4 Å². The van der Waals surface area contributed by atoms with E-state index in [2.05, 4.69) is 34.4 Å². The fraction of sp³-hybridized carbons (Fsp3) is 0.429. The van der Waals surface area contributed by atoms with Crippen molar-refractivity contribution in [2.24, 2.45) is 0 Å². The van der Waals surface area contributed by atoms with E-state index in [0.29, 0.717) is 21.3 Å². The Morgan fingerprint density at radius 2 is 2.00 bits per heavy atom. The number of halogens is 1. The zero-order valence-corrected chi connectivity index (χ0v) is 14.9. The van der Waals surface area contributed by atoms with E-state index >= 15 is 0 Å². The average molecular weight is 391 g/mol. The molecule has 21 heavy (non-hydrogen) atoms.